The summed E-state index contributed by atoms with van der Waals surface area (Å²) >= 11 is 1.81. The molecular formula is C17H24FNO2S. The highest BCUT2D eigenvalue weighted by molar-refractivity contribution is 7.98. The van der Waals surface area contributed by atoms with Crippen LogP contribution in [0.1, 0.15) is 31.2 Å². The van der Waals surface area contributed by atoms with Gasteiger partial charge in [0.2, 0.25) is 5.91 Å². The molecule has 1 atom stereocenters. The molecule has 2 rings (SSSR count). The molecule has 0 saturated carbocycles. The van der Waals surface area contributed by atoms with Crippen LogP contribution in [0.3, 0.4) is 0 Å². The largest absolute Gasteiger partial charge is 0.381 e. The maximum absolute atomic E-state index is 12.8. The molecule has 122 valence electrons. The summed E-state index contributed by atoms with van der Waals surface area (Å²) in [5.41, 5.74) is 1.13. The van der Waals surface area contributed by atoms with Gasteiger partial charge in [0.15, 0.2) is 0 Å². The number of amides is 1. The summed E-state index contributed by atoms with van der Waals surface area (Å²) < 4.78 is 18.1. The maximum Gasteiger partial charge on any atom is 0.220 e. The number of rotatable bonds is 8. The van der Waals surface area contributed by atoms with Gasteiger partial charge in [-0.15, -0.1) is 0 Å². The standard InChI is InChI=1S/C17H24FNO2S/c18-16-6-4-14(5-7-16)13-22-10-2-8-19-17(20)11-15-3-1-9-21-12-15/h4-7,15H,1-3,8-13H2,(H,19,20). The molecule has 1 aliphatic heterocycles. The fourth-order valence-corrected chi connectivity index (χ4v) is 3.40. The zero-order valence-corrected chi connectivity index (χ0v) is 13.7. The first-order valence-corrected chi connectivity index (χ1v) is 9.06. The van der Waals surface area contributed by atoms with E-state index < -0.39 is 0 Å². The molecule has 0 aromatic heterocycles. The van der Waals surface area contributed by atoms with E-state index in [1.54, 1.807) is 11.8 Å². The van der Waals surface area contributed by atoms with Gasteiger partial charge in [0.05, 0.1) is 0 Å². The minimum atomic E-state index is -0.195. The van der Waals surface area contributed by atoms with Gasteiger partial charge in [-0.25, -0.2) is 4.39 Å². The van der Waals surface area contributed by atoms with Crippen LogP contribution in [0.4, 0.5) is 4.39 Å². The Morgan fingerprint density at radius 2 is 2.18 bits per heavy atom. The molecule has 1 amide bonds. The zero-order valence-electron chi connectivity index (χ0n) is 12.9. The smallest absolute Gasteiger partial charge is 0.220 e. The van der Waals surface area contributed by atoms with Crippen molar-refractivity contribution >= 4 is 17.7 Å². The molecule has 22 heavy (non-hydrogen) atoms. The van der Waals surface area contributed by atoms with Gasteiger partial charge in [-0.05, 0) is 48.6 Å². The fraction of sp³-hybridized carbons (Fsp3) is 0.588. The number of benzene rings is 1. The van der Waals surface area contributed by atoms with Crippen molar-refractivity contribution in [3.05, 3.63) is 35.6 Å². The maximum atomic E-state index is 12.8. The predicted molar refractivity (Wildman–Crippen MR) is 88.3 cm³/mol. The Labute approximate surface area is 136 Å². The molecule has 1 unspecified atom stereocenters. The third-order valence-electron chi connectivity index (χ3n) is 3.70. The van der Waals surface area contributed by atoms with Crippen LogP contribution in [0.2, 0.25) is 0 Å². The summed E-state index contributed by atoms with van der Waals surface area (Å²) in [4.78, 5) is 11.8. The number of carbonyl (C=O) groups excluding carboxylic acids is 1. The van der Waals surface area contributed by atoms with Gasteiger partial charge in [0.1, 0.15) is 5.82 Å². The van der Waals surface area contributed by atoms with Gasteiger partial charge in [-0.1, -0.05) is 12.1 Å². The van der Waals surface area contributed by atoms with Crippen molar-refractivity contribution in [3.63, 3.8) is 0 Å². The van der Waals surface area contributed by atoms with Gasteiger partial charge in [0.25, 0.3) is 0 Å². The van der Waals surface area contributed by atoms with E-state index in [1.807, 2.05) is 12.1 Å². The van der Waals surface area contributed by atoms with Crippen LogP contribution in [0.15, 0.2) is 24.3 Å². The monoisotopic (exact) mass is 325 g/mol. The predicted octanol–water partition coefficient (Wildman–Crippen LogP) is 3.38. The summed E-state index contributed by atoms with van der Waals surface area (Å²) in [6, 6.07) is 6.61. The van der Waals surface area contributed by atoms with E-state index in [0.29, 0.717) is 12.3 Å². The molecule has 1 saturated heterocycles. The summed E-state index contributed by atoms with van der Waals surface area (Å²) in [5.74, 6) is 2.21. The van der Waals surface area contributed by atoms with Gasteiger partial charge >= 0.3 is 0 Å². The minimum Gasteiger partial charge on any atom is -0.381 e. The van der Waals surface area contributed by atoms with E-state index in [2.05, 4.69) is 5.32 Å². The molecule has 0 spiro atoms. The van der Waals surface area contributed by atoms with E-state index in [4.69, 9.17) is 4.74 Å². The van der Waals surface area contributed by atoms with E-state index in [-0.39, 0.29) is 11.7 Å². The third-order valence-corrected chi connectivity index (χ3v) is 4.81. The van der Waals surface area contributed by atoms with Gasteiger partial charge in [-0.2, -0.15) is 11.8 Å². The molecule has 3 nitrogen and oxygen atoms in total. The van der Waals surface area contributed by atoms with E-state index in [0.717, 1.165) is 56.1 Å². The Balaban J connectivity index is 1.48. The Morgan fingerprint density at radius 3 is 2.91 bits per heavy atom. The topological polar surface area (TPSA) is 38.3 Å². The number of thioether (sulfide) groups is 1. The molecule has 1 fully saturated rings. The fourth-order valence-electron chi connectivity index (χ4n) is 2.48. The average molecular weight is 325 g/mol. The highest BCUT2D eigenvalue weighted by atomic mass is 32.2. The third kappa shape index (κ3) is 6.79. The first-order chi connectivity index (χ1) is 10.7. The SMILES string of the molecule is O=C(CC1CCCOC1)NCCCSCc1ccc(F)cc1. The Bertz CT molecular complexity index is 446. The van der Waals surface area contributed by atoms with Crippen LogP contribution in [0.25, 0.3) is 0 Å². The molecule has 1 aromatic rings. The lowest BCUT2D eigenvalue weighted by Gasteiger charge is -2.21. The zero-order chi connectivity index (χ0) is 15.6. The Kier molecular flexibility index (Phi) is 7.74. The summed E-state index contributed by atoms with van der Waals surface area (Å²) in [6.07, 6.45) is 3.71. The van der Waals surface area contributed by atoms with Crippen molar-refractivity contribution in [1.82, 2.24) is 5.32 Å². The summed E-state index contributed by atoms with van der Waals surface area (Å²) in [7, 11) is 0. The number of nitrogens with one attached hydrogen (secondary N) is 1. The van der Waals surface area contributed by atoms with Gasteiger partial charge in [0, 0.05) is 31.9 Å². The summed E-state index contributed by atoms with van der Waals surface area (Å²) in [6.45, 7) is 2.28. The molecule has 1 aromatic carbocycles. The molecule has 1 aliphatic rings. The molecule has 1 N–H and O–H groups in total. The van der Waals surface area contributed by atoms with E-state index in [9.17, 15) is 9.18 Å². The van der Waals surface area contributed by atoms with Crippen molar-refractivity contribution in [2.75, 3.05) is 25.5 Å². The second-order valence-corrected chi connectivity index (χ2v) is 6.78. The van der Waals surface area contributed by atoms with Crippen molar-refractivity contribution < 1.29 is 13.9 Å². The van der Waals surface area contributed by atoms with E-state index >= 15 is 0 Å². The number of hydrogen-bond acceptors (Lipinski definition) is 3. The molecule has 0 aliphatic carbocycles. The number of carbonyl (C=O) groups is 1. The van der Waals surface area contributed by atoms with Crippen LogP contribution in [-0.4, -0.2) is 31.4 Å². The number of halogens is 1. The molecule has 5 heteroatoms. The second kappa shape index (κ2) is 9.85. The van der Waals surface area contributed by atoms with Crippen molar-refractivity contribution in [1.29, 1.82) is 0 Å². The lowest BCUT2D eigenvalue weighted by molar-refractivity contribution is -0.123. The molecule has 0 bridgehead atoms. The van der Waals surface area contributed by atoms with Gasteiger partial charge in [-0.3, -0.25) is 4.79 Å². The first-order valence-electron chi connectivity index (χ1n) is 7.90. The number of ether oxygens (including phenoxy) is 1. The summed E-state index contributed by atoms with van der Waals surface area (Å²) in [5, 5.41) is 2.98. The van der Waals surface area contributed by atoms with Crippen molar-refractivity contribution in [3.8, 4) is 0 Å². The lowest BCUT2D eigenvalue weighted by atomic mass is 9.98. The Morgan fingerprint density at radius 1 is 1.36 bits per heavy atom. The van der Waals surface area contributed by atoms with Crippen LogP contribution in [-0.2, 0) is 15.3 Å². The molecular weight excluding hydrogens is 301 g/mol. The van der Waals surface area contributed by atoms with Crippen LogP contribution in [0, 0.1) is 11.7 Å². The van der Waals surface area contributed by atoms with Gasteiger partial charge < -0.3 is 10.1 Å². The lowest BCUT2D eigenvalue weighted by Crippen LogP contribution is -2.29. The average Bonchev–Trinajstić information content (AvgIpc) is 2.53. The van der Waals surface area contributed by atoms with Crippen molar-refractivity contribution in [2.45, 2.75) is 31.4 Å². The van der Waals surface area contributed by atoms with Crippen LogP contribution >= 0.6 is 11.8 Å². The molecule has 0 radical (unpaired) electrons. The van der Waals surface area contributed by atoms with E-state index in [1.165, 1.54) is 12.1 Å². The van der Waals surface area contributed by atoms with Crippen LogP contribution in [0.5, 0.6) is 0 Å². The first kappa shape index (κ1) is 17.3. The van der Waals surface area contributed by atoms with Crippen molar-refractivity contribution in [2.24, 2.45) is 5.92 Å². The quantitative estimate of drug-likeness (QED) is 0.745. The minimum absolute atomic E-state index is 0.138. The highest BCUT2D eigenvalue weighted by Crippen LogP contribution is 2.17. The highest BCUT2D eigenvalue weighted by Gasteiger charge is 2.17. The second-order valence-electron chi connectivity index (χ2n) is 5.67. The van der Waals surface area contributed by atoms with Crippen LogP contribution < -0.4 is 5.32 Å². The normalized spacial score (nSPS) is 18.1. The molecule has 1 heterocycles. The Hall–Kier alpha value is -1.07. The number of hydrogen-bond donors (Lipinski definition) is 1.